The van der Waals surface area contributed by atoms with Crippen molar-refractivity contribution < 1.29 is 22.3 Å². The molecule has 9 heteroatoms. The van der Waals surface area contributed by atoms with Crippen molar-refractivity contribution in [1.82, 2.24) is 10.2 Å². The second-order valence-electron chi connectivity index (χ2n) is 3.73. The van der Waals surface area contributed by atoms with Crippen LogP contribution in [0.4, 0.5) is 10.1 Å². The molecule has 2 N–H and O–H groups in total. The van der Waals surface area contributed by atoms with E-state index in [9.17, 15) is 17.6 Å². The first-order valence-electron chi connectivity index (χ1n) is 5.33. The van der Waals surface area contributed by atoms with Crippen molar-refractivity contribution in [3.8, 4) is 0 Å². The van der Waals surface area contributed by atoms with E-state index < -0.39 is 21.8 Å². The number of ether oxygens (including phenoxy) is 1. The average molecular weight is 299 g/mol. The summed E-state index contributed by atoms with van der Waals surface area (Å²) < 4.78 is 43.9. The second kappa shape index (κ2) is 5.29. The maximum atomic E-state index is 13.6. The average Bonchev–Trinajstić information content (AvgIpc) is 2.95. The van der Waals surface area contributed by atoms with Gasteiger partial charge in [0, 0.05) is 6.20 Å². The molecule has 0 unspecified atom stereocenters. The molecule has 1 aromatic carbocycles. The van der Waals surface area contributed by atoms with Crippen LogP contribution in [0, 0.1) is 5.82 Å². The molecular formula is C11H10FN3O4S. The highest BCUT2D eigenvalue weighted by Gasteiger charge is 2.18. The first-order valence-corrected chi connectivity index (χ1v) is 6.82. The Balaban J connectivity index is 2.36. The molecule has 0 saturated carbocycles. The monoisotopic (exact) mass is 299 g/mol. The Morgan fingerprint density at radius 1 is 1.45 bits per heavy atom. The van der Waals surface area contributed by atoms with Gasteiger partial charge in [-0.1, -0.05) is 0 Å². The molecule has 0 spiro atoms. The summed E-state index contributed by atoms with van der Waals surface area (Å²) in [6, 6.07) is 3.22. The van der Waals surface area contributed by atoms with Crippen LogP contribution < -0.4 is 4.72 Å². The zero-order valence-corrected chi connectivity index (χ0v) is 11.1. The molecule has 106 valence electrons. The second-order valence-corrected chi connectivity index (χ2v) is 5.41. The molecule has 1 heterocycles. The summed E-state index contributed by atoms with van der Waals surface area (Å²) in [4.78, 5) is 11.2. The number of esters is 1. The third-order valence-corrected chi connectivity index (χ3v) is 3.75. The number of carbonyl (C=O) groups is 1. The fourth-order valence-corrected chi connectivity index (χ4v) is 2.40. The molecule has 2 rings (SSSR count). The smallest absolute Gasteiger partial charge is 0.337 e. The number of hydrogen-bond acceptors (Lipinski definition) is 5. The SMILES string of the molecule is COC(=O)c1ccc(F)c(NS(=O)(=O)c2cn[nH]c2)c1. The zero-order chi connectivity index (χ0) is 14.8. The van der Waals surface area contributed by atoms with E-state index >= 15 is 0 Å². The molecule has 0 atom stereocenters. The number of nitrogens with one attached hydrogen (secondary N) is 2. The van der Waals surface area contributed by atoms with Crippen molar-refractivity contribution in [1.29, 1.82) is 0 Å². The molecular weight excluding hydrogens is 289 g/mol. The number of sulfonamides is 1. The van der Waals surface area contributed by atoms with E-state index in [1.54, 1.807) is 0 Å². The number of rotatable bonds is 4. The number of benzene rings is 1. The van der Waals surface area contributed by atoms with E-state index in [-0.39, 0.29) is 16.1 Å². The van der Waals surface area contributed by atoms with Crippen LogP contribution >= 0.6 is 0 Å². The van der Waals surface area contributed by atoms with Gasteiger partial charge in [0.05, 0.1) is 24.6 Å². The maximum Gasteiger partial charge on any atom is 0.337 e. The van der Waals surface area contributed by atoms with Crippen molar-refractivity contribution in [2.45, 2.75) is 4.90 Å². The third kappa shape index (κ3) is 2.77. The number of aromatic amines is 1. The predicted molar refractivity (Wildman–Crippen MR) is 67.1 cm³/mol. The highest BCUT2D eigenvalue weighted by atomic mass is 32.2. The van der Waals surface area contributed by atoms with E-state index in [1.807, 2.05) is 4.72 Å². The lowest BCUT2D eigenvalue weighted by Crippen LogP contribution is -2.14. The number of anilines is 1. The number of methoxy groups -OCH3 is 1. The Labute approximate surface area is 113 Å². The minimum atomic E-state index is -3.98. The summed E-state index contributed by atoms with van der Waals surface area (Å²) in [5.74, 6) is -1.52. The van der Waals surface area contributed by atoms with Crippen molar-refractivity contribution in [2.75, 3.05) is 11.8 Å². The molecule has 0 saturated heterocycles. The molecule has 0 fully saturated rings. The molecule has 1 aromatic heterocycles. The topological polar surface area (TPSA) is 101 Å². The minimum absolute atomic E-state index is 0.0267. The third-order valence-electron chi connectivity index (χ3n) is 2.42. The maximum absolute atomic E-state index is 13.6. The van der Waals surface area contributed by atoms with E-state index in [1.165, 1.54) is 13.2 Å². The highest BCUT2D eigenvalue weighted by molar-refractivity contribution is 7.92. The summed E-state index contributed by atoms with van der Waals surface area (Å²) in [6.45, 7) is 0. The van der Waals surface area contributed by atoms with Crippen LogP contribution in [0.15, 0.2) is 35.5 Å². The van der Waals surface area contributed by atoms with Crippen LogP contribution in [0.25, 0.3) is 0 Å². The van der Waals surface area contributed by atoms with Gasteiger partial charge in [-0.05, 0) is 18.2 Å². The Morgan fingerprint density at radius 3 is 2.80 bits per heavy atom. The van der Waals surface area contributed by atoms with Crippen LogP contribution in [-0.2, 0) is 14.8 Å². The standard InChI is InChI=1S/C11H10FN3O4S/c1-19-11(16)7-2-3-9(12)10(4-7)15-20(17,18)8-5-13-14-6-8/h2-6,15H,1H3,(H,13,14). The lowest BCUT2D eigenvalue weighted by molar-refractivity contribution is 0.0600. The van der Waals surface area contributed by atoms with E-state index in [2.05, 4.69) is 14.9 Å². The van der Waals surface area contributed by atoms with Crippen molar-refractivity contribution in [3.63, 3.8) is 0 Å². The summed E-state index contributed by atoms with van der Waals surface area (Å²) in [5, 5.41) is 5.84. The summed E-state index contributed by atoms with van der Waals surface area (Å²) >= 11 is 0. The van der Waals surface area contributed by atoms with Crippen molar-refractivity contribution >= 4 is 21.7 Å². The fraction of sp³-hybridized carbons (Fsp3) is 0.0909. The fourth-order valence-electron chi connectivity index (χ4n) is 1.44. The first kappa shape index (κ1) is 14.0. The number of hydrogen-bond donors (Lipinski definition) is 2. The predicted octanol–water partition coefficient (Wildman–Crippen LogP) is 1.14. The lowest BCUT2D eigenvalue weighted by Gasteiger charge is -2.08. The van der Waals surface area contributed by atoms with Crippen LogP contribution in [-0.4, -0.2) is 31.7 Å². The molecule has 0 radical (unpaired) electrons. The normalized spacial score (nSPS) is 11.1. The van der Waals surface area contributed by atoms with E-state index in [4.69, 9.17) is 0 Å². The summed E-state index contributed by atoms with van der Waals surface area (Å²) in [6.07, 6.45) is 2.22. The van der Waals surface area contributed by atoms with Gasteiger partial charge in [0.15, 0.2) is 0 Å². The van der Waals surface area contributed by atoms with Gasteiger partial charge in [-0.2, -0.15) is 5.10 Å². The Kier molecular flexibility index (Phi) is 3.70. The van der Waals surface area contributed by atoms with Crippen LogP contribution in [0.1, 0.15) is 10.4 Å². The van der Waals surface area contributed by atoms with Gasteiger partial charge in [0.25, 0.3) is 10.0 Å². The van der Waals surface area contributed by atoms with Gasteiger partial charge < -0.3 is 4.74 Å². The highest BCUT2D eigenvalue weighted by Crippen LogP contribution is 2.20. The van der Waals surface area contributed by atoms with Gasteiger partial charge in [-0.25, -0.2) is 17.6 Å². The molecule has 0 aliphatic carbocycles. The lowest BCUT2D eigenvalue weighted by atomic mass is 10.2. The molecule has 2 aromatic rings. The molecule has 0 bridgehead atoms. The summed E-state index contributed by atoms with van der Waals surface area (Å²) in [5.41, 5.74) is -0.326. The summed E-state index contributed by atoms with van der Waals surface area (Å²) in [7, 11) is -2.81. The minimum Gasteiger partial charge on any atom is -0.465 e. The van der Waals surface area contributed by atoms with Crippen LogP contribution in [0.3, 0.4) is 0 Å². The number of halogens is 1. The molecule has 0 aliphatic heterocycles. The van der Waals surface area contributed by atoms with Gasteiger partial charge in [-0.3, -0.25) is 9.82 Å². The molecule has 0 aliphatic rings. The van der Waals surface area contributed by atoms with Crippen molar-refractivity contribution in [2.24, 2.45) is 0 Å². The Morgan fingerprint density at radius 2 is 2.20 bits per heavy atom. The quantitative estimate of drug-likeness (QED) is 0.824. The van der Waals surface area contributed by atoms with Crippen LogP contribution in [0.2, 0.25) is 0 Å². The van der Waals surface area contributed by atoms with Crippen LogP contribution in [0.5, 0.6) is 0 Å². The largest absolute Gasteiger partial charge is 0.465 e. The van der Waals surface area contributed by atoms with Crippen molar-refractivity contribution in [3.05, 3.63) is 42.0 Å². The molecule has 20 heavy (non-hydrogen) atoms. The van der Waals surface area contributed by atoms with Gasteiger partial charge in [-0.15, -0.1) is 0 Å². The molecule has 7 nitrogen and oxygen atoms in total. The zero-order valence-electron chi connectivity index (χ0n) is 10.3. The van der Waals surface area contributed by atoms with Gasteiger partial charge >= 0.3 is 5.97 Å². The Bertz CT molecular complexity index is 728. The Hall–Kier alpha value is -2.42. The van der Waals surface area contributed by atoms with Gasteiger partial charge in [0.2, 0.25) is 0 Å². The van der Waals surface area contributed by atoms with E-state index in [0.29, 0.717) is 0 Å². The number of carbonyl (C=O) groups excluding carboxylic acids is 1. The number of H-pyrrole nitrogens is 1. The first-order chi connectivity index (χ1) is 9.44. The molecule has 0 amide bonds. The number of aromatic nitrogens is 2. The number of nitrogens with zero attached hydrogens (tertiary/aromatic N) is 1. The van der Waals surface area contributed by atoms with E-state index in [0.717, 1.165) is 24.5 Å². The van der Waals surface area contributed by atoms with Gasteiger partial charge in [0.1, 0.15) is 10.7 Å².